The van der Waals surface area contributed by atoms with Crippen molar-refractivity contribution < 1.29 is 19.4 Å². The Morgan fingerprint density at radius 2 is 1.91 bits per heavy atom. The summed E-state index contributed by atoms with van der Waals surface area (Å²) in [4.78, 5) is 49.6. The Hall–Kier alpha value is -3.67. The number of anilines is 2. The molecule has 1 aliphatic heterocycles. The number of H-pyrrole nitrogens is 1. The summed E-state index contributed by atoms with van der Waals surface area (Å²) in [5.41, 5.74) is 0.0606. The Labute approximate surface area is 197 Å². The minimum Gasteiger partial charge on any atom is -0.480 e. The van der Waals surface area contributed by atoms with Gasteiger partial charge in [-0.3, -0.25) is 4.98 Å². The molecule has 4 N–H and O–H groups in total. The Morgan fingerprint density at radius 3 is 2.56 bits per heavy atom. The maximum absolute atomic E-state index is 11.9. The molecule has 1 fully saturated rings. The van der Waals surface area contributed by atoms with E-state index in [1.807, 2.05) is 0 Å². The smallest absolute Gasteiger partial charge is 0.414 e. The molecule has 12 heteroatoms. The van der Waals surface area contributed by atoms with Crippen LogP contribution in [-0.2, 0) is 11.2 Å². The number of carbonyl (C=O) groups is 2. The zero-order valence-electron chi connectivity index (χ0n) is 19.4. The Morgan fingerprint density at radius 1 is 1.21 bits per heavy atom. The number of carboxylic acids is 1. The van der Waals surface area contributed by atoms with Crippen LogP contribution in [0.2, 0.25) is 0 Å². The van der Waals surface area contributed by atoms with Crippen molar-refractivity contribution in [2.75, 3.05) is 50.9 Å². The van der Waals surface area contributed by atoms with Crippen molar-refractivity contribution >= 4 is 24.0 Å². The lowest BCUT2D eigenvalue weighted by Gasteiger charge is -2.16. The summed E-state index contributed by atoms with van der Waals surface area (Å²) < 4.78 is 5.16. The molecule has 2 aromatic rings. The van der Waals surface area contributed by atoms with Gasteiger partial charge in [0.05, 0.1) is 0 Å². The highest BCUT2D eigenvalue weighted by atomic mass is 16.6. The number of carbonyl (C=O) groups excluding carboxylic acids is 1. The Balaban J connectivity index is 1.57. The van der Waals surface area contributed by atoms with E-state index in [1.165, 1.54) is 17.7 Å². The molecule has 0 bridgehead atoms. The van der Waals surface area contributed by atoms with Crippen molar-refractivity contribution in [1.82, 2.24) is 24.8 Å². The zero-order valence-corrected chi connectivity index (χ0v) is 19.4. The van der Waals surface area contributed by atoms with Gasteiger partial charge in [-0.25, -0.2) is 14.4 Å². The molecule has 1 aromatic heterocycles. The normalized spacial score (nSPS) is 14.4. The quantitative estimate of drug-likeness (QED) is 0.351. The first-order chi connectivity index (χ1) is 16.3. The molecule has 1 saturated heterocycles. The molecule has 2 heterocycles. The fourth-order valence-corrected chi connectivity index (χ4v) is 3.53. The number of benzene rings is 1. The first kappa shape index (κ1) is 25.0. The fraction of sp³-hybridized carbons (Fsp3) is 0.500. The van der Waals surface area contributed by atoms with Crippen LogP contribution in [0, 0.1) is 0 Å². The van der Waals surface area contributed by atoms with Crippen molar-refractivity contribution in [2.45, 2.75) is 31.7 Å². The molecule has 0 saturated carbocycles. The molecule has 1 aromatic carbocycles. The van der Waals surface area contributed by atoms with Gasteiger partial charge in [-0.2, -0.15) is 9.97 Å². The topological polar surface area (TPSA) is 153 Å². The van der Waals surface area contributed by atoms with Crippen molar-refractivity contribution in [3.05, 3.63) is 40.3 Å². The number of hydrogen-bond acceptors (Lipinski definition) is 9. The molecule has 3 rings (SSSR count). The van der Waals surface area contributed by atoms with E-state index in [4.69, 9.17) is 4.74 Å². The predicted octanol–water partition coefficient (Wildman–Crippen LogP) is 1.23. The van der Waals surface area contributed by atoms with Crippen LogP contribution in [0.15, 0.2) is 29.1 Å². The highest BCUT2D eigenvalue weighted by Crippen LogP contribution is 2.15. The van der Waals surface area contributed by atoms with Crippen molar-refractivity contribution in [2.24, 2.45) is 0 Å². The summed E-state index contributed by atoms with van der Waals surface area (Å²) in [5.74, 6) is -0.609. The second-order valence-corrected chi connectivity index (χ2v) is 8.30. The minimum atomic E-state index is -1.12. The maximum atomic E-state index is 11.9. The second-order valence-electron chi connectivity index (χ2n) is 8.30. The molecule has 1 atom stereocenters. The Bertz CT molecular complexity index is 1020. The standard InChI is InChI=1S/C22H31N7O5/c1-28(2)22(33)34-16-8-6-15(7-9-16)14-17(18(30)31)24-20-25-19(26-21(32)27-20)23-10-5-13-29-11-3-4-12-29/h6-9,17H,3-5,10-14H2,1-2H3,(H,30,31)(H3,23,24,25,26,27,32)/t17-/m0/s1. The van der Waals surface area contributed by atoms with Crippen molar-refractivity contribution in [1.29, 1.82) is 0 Å². The van der Waals surface area contributed by atoms with Crippen LogP contribution in [0.25, 0.3) is 0 Å². The van der Waals surface area contributed by atoms with Gasteiger partial charge in [-0.1, -0.05) is 12.1 Å². The van der Waals surface area contributed by atoms with Crippen LogP contribution in [0.3, 0.4) is 0 Å². The average Bonchev–Trinajstić information content (AvgIpc) is 3.30. The van der Waals surface area contributed by atoms with Gasteiger partial charge in [0.1, 0.15) is 11.8 Å². The summed E-state index contributed by atoms with van der Waals surface area (Å²) in [6.07, 6.45) is 2.96. The summed E-state index contributed by atoms with van der Waals surface area (Å²) in [7, 11) is 3.15. The lowest BCUT2D eigenvalue weighted by molar-refractivity contribution is -0.137. The number of likely N-dealkylation sites (tertiary alicyclic amines) is 1. The number of amides is 1. The number of aliphatic carboxylic acids is 1. The lowest BCUT2D eigenvalue weighted by atomic mass is 10.1. The molecule has 1 aliphatic rings. The highest BCUT2D eigenvalue weighted by molar-refractivity contribution is 5.77. The Kier molecular flexibility index (Phi) is 8.79. The van der Waals surface area contributed by atoms with Crippen LogP contribution in [-0.4, -0.2) is 88.2 Å². The van der Waals surface area contributed by atoms with E-state index in [0.29, 0.717) is 17.9 Å². The third-order valence-electron chi connectivity index (χ3n) is 5.33. The van der Waals surface area contributed by atoms with Crippen LogP contribution < -0.4 is 21.1 Å². The number of aromatic nitrogens is 3. The van der Waals surface area contributed by atoms with Gasteiger partial charge < -0.3 is 30.3 Å². The summed E-state index contributed by atoms with van der Waals surface area (Å²) in [6, 6.07) is 5.44. The van der Waals surface area contributed by atoms with E-state index < -0.39 is 23.8 Å². The van der Waals surface area contributed by atoms with Gasteiger partial charge in [-0.15, -0.1) is 0 Å². The molecule has 12 nitrogen and oxygen atoms in total. The van der Waals surface area contributed by atoms with E-state index in [2.05, 4.69) is 30.5 Å². The number of carboxylic acid groups (broad SMARTS) is 1. The molecule has 0 spiro atoms. The van der Waals surface area contributed by atoms with Crippen LogP contribution in [0.4, 0.5) is 16.7 Å². The molecule has 0 unspecified atom stereocenters. The van der Waals surface area contributed by atoms with E-state index in [1.54, 1.807) is 38.4 Å². The maximum Gasteiger partial charge on any atom is 0.414 e. The van der Waals surface area contributed by atoms with Gasteiger partial charge >= 0.3 is 17.8 Å². The molecule has 0 aliphatic carbocycles. The molecule has 1 amide bonds. The SMILES string of the molecule is CN(C)C(=O)Oc1ccc(C[C@H](Nc2nc(NCCCN3CCCC3)[nH]c(=O)n2)C(=O)O)cc1. The summed E-state index contributed by atoms with van der Waals surface area (Å²) >= 11 is 0. The lowest BCUT2D eigenvalue weighted by Crippen LogP contribution is -2.33. The number of aromatic amines is 1. The fourth-order valence-electron chi connectivity index (χ4n) is 3.53. The first-order valence-corrected chi connectivity index (χ1v) is 11.2. The number of nitrogens with zero attached hydrogens (tertiary/aromatic N) is 4. The van der Waals surface area contributed by atoms with Gasteiger partial charge in [0.2, 0.25) is 11.9 Å². The second kappa shape index (κ2) is 12.0. The van der Waals surface area contributed by atoms with E-state index >= 15 is 0 Å². The average molecular weight is 474 g/mol. The highest BCUT2D eigenvalue weighted by Gasteiger charge is 2.20. The molecule has 34 heavy (non-hydrogen) atoms. The van der Waals surface area contributed by atoms with E-state index in [-0.39, 0.29) is 18.3 Å². The summed E-state index contributed by atoms with van der Waals surface area (Å²) in [5, 5.41) is 15.4. The van der Waals surface area contributed by atoms with Gasteiger partial charge in [0.15, 0.2) is 0 Å². The number of hydrogen-bond donors (Lipinski definition) is 4. The van der Waals surface area contributed by atoms with Gasteiger partial charge in [0, 0.05) is 27.1 Å². The monoisotopic (exact) mass is 473 g/mol. The predicted molar refractivity (Wildman–Crippen MR) is 126 cm³/mol. The zero-order chi connectivity index (χ0) is 24.5. The summed E-state index contributed by atoms with van der Waals surface area (Å²) in [6.45, 7) is 3.84. The number of nitrogens with one attached hydrogen (secondary N) is 3. The van der Waals surface area contributed by atoms with Crippen LogP contribution in [0.5, 0.6) is 5.75 Å². The molecule has 184 valence electrons. The van der Waals surface area contributed by atoms with E-state index in [9.17, 15) is 19.5 Å². The molecule has 0 radical (unpaired) electrons. The third kappa shape index (κ3) is 7.73. The van der Waals surface area contributed by atoms with Crippen molar-refractivity contribution in [3.63, 3.8) is 0 Å². The number of ether oxygens (including phenoxy) is 1. The van der Waals surface area contributed by atoms with Crippen molar-refractivity contribution in [3.8, 4) is 5.75 Å². The van der Waals surface area contributed by atoms with Crippen LogP contribution >= 0.6 is 0 Å². The number of rotatable bonds is 11. The minimum absolute atomic E-state index is 0.0743. The molecular formula is C22H31N7O5. The first-order valence-electron chi connectivity index (χ1n) is 11.2. The largest absolute Gasteiger partial charge is 0.480 e. The third-order valence-corrected chi connectivity index (χ3v) is 5.33. The van der Waals surface area contributed by atoms with Crippen LogP contribution in [0.1, 0.15) is 24.8 Å². The van der Waals surface area contributed by atoms with Gasteiger partial charge in [-0.05, 0) is 56.6 Å². The van der Waals surface area contributed by atoms with Gasteiger partial charge in [0.25, 0.3) is 0 Å². The molecular weight excluding hydrogens is 442 g/mol. The van der Waals surface area contributed by atoms with E-state index in [0.717, 1.165) is 26.1 Å².